The largest absolute Gasteiger partial charge is 0.445 e. The summed E-state index contributed by atoms with van der Waals surface area (Å²) in [6.45, 7) is 12.3. The van der Waals surface area contributed by atoms with Gasteiger partial charge in [0.1, 0.15) is 17.1 Å². The molecule has 1 aliphatic carbocycles. The number of aryl methyl sites for hydroxylation is 1. The van der Waals surface area contributed by atoms with Crippen LogP contribution in [-0.4, -0.2) is 32.2 Å². The monoisotopic (exact) mass is 427 g/mol. The summed E-state index contributed by atoms with van der Waals surface area (Å²) in [6, 6.07) is 5.97. The molecule has 2 atom stereocenters. The highest BCUT2D eigenvalue weighted by Gasteiger charge is 2.32. The fourth-order valence-electron chi connectivity index (χ4n) is 5.04. The number of oxazole rings is 1. The summed E-state index contributed by atoms with van der Waals surface area (Å²) in [7, 11) is 0. The summed E-state index contributed by atoms with van der Waals surface area (Å²) in [4.78, 5) is 18.0. The van der Waals surface area contributed by atoms with Crippen LogP contribution >= 0.6 is 0 Å². The van der Waals surface area contributed by atoms with Gasteiger partial charge < -0.3 is 13.7 Å². The number of hydrogen-bond acceptors (Lipinski definition) is 5. The minimum atomic E-state index is 0.197. The van der Waals surface area contributed by atoms with Crippen LogP contribution in [0.15, 0.2) is 28.8 Å². The second-order valence-electron chi connectivity index (χ2n) is 9.06. The zero-order valence-electron chi connectivity index (χ0n) is 18.3. The van der Waals surface area contributed by atoms with Crippen LogP contribution in [0.1, 0.15) is 67.7 Å². The minimum absolute atomic E-state index is 0.197. The average molecular weight is 428 g/mol. The molecule has 1 saturated carbocycles. The van der Waals surface area contributed by atoms with Gasteiger partial charge in [0, 0.05) is 30.9 Å². The Labute approximate surface area is 186 Å². The highest BCUT2D eigenvalue weighted by atomic mass is 16.5. The van der Waals surface area contributed by atoms with Crippen LogP contribution in [0.4, 0.5) is 5.69 Å². The van der Waals surface area contributed by atoms with Crippen LogP contribution in [0.5, 0.6) is 0 Å². The van der Waals surface area contributed by atoms with Crippen LogP contribution in [0, 0.1) is 13.5 Å². The van der Waals surface area contributed by atoms with Gasteiger partial charge >= 0.3 is 0 Å². The Bertz CT molecular complexity index is 1370. The van der Waals surface area contributed by atoms with E-state index in [1.807, 2.05) is 31.3 Å². The quantitative estimate of drug-likeness (QED) is 0.394. The highest BCUT2D eigenvalue weighted by Crippen LogP contribution is 2.43. The van der Waals surface area contributed by atoms with Crippen molar-refractivity contribution < 1.29 is 9.15 Å². The third-order valence-corrected chi connectivity index (χ3v) is 6.63. The number of ether oxygens (including phenoxy) is 1. The number of benzene rings is 1. The lowest BCUT2D eigenvalue weighted by Gasteiger charge is -2.30. The van der Waals surface area contributed by atoms with E-state index in [9.17, 15) is 0 Å². The first-order chi connectivity index (χ1) is 15.6. The summed E-state index contributed by atoms with van der Waals surface area (Å²) in [5, 5.41) is 0.979. The van der Waals surface area contributed by atoms with Gasteiger partial charge in [-0.15, -0.1) is 0 Å². The molecule has 3 aromatic heterocycles. The van der Waals surface area contributed by atoms with Crippen LogP contribution in [0.25, 0.3) is 26.8 Å². The Morgan fingerprint density at radius 1 is 1.19 bits per heavy atom. The molecule has 2 aliphatic rings. The molecule has 162 valence electrons. The van der Waals surface area contributed by atoms with Crippen LogP contribution < -0.4 is 0 Å². The van der Waals surface area contributed by atoms with Gasteiger partial charge in [-0.3, -0.25) is 4.98 Å². The molecule has 0 unspecified atom stereocenters. The topological polar surface area (TPSA) is 70.3 Å². The van der Waals surface area contributed by atoms with E-state index in [1.54, 1.807) is 0 Å². The van der Waals surface area contributed by atoms with E-state index in [2.05, 4.69) is 21.3 Å². The number of rotatable bonds is 4. The normalized spacial score (nSPS) is 21.3. The lowest BCUT2D eigenvalue weighted by atomic mass is 10.0. The zero-order chi connectivity index (χ0) is 21.8. The predicted molar refractivity (Wildman–Crippen MR) is 121 cm³/mol. The molecule has 2 fully saturated rings. The Balaban J connectivity index is 1.56. The molecule has 1 saturated heterocycles. The maximum atomic E-state index is 7.48. The van der Waals surface area contributed by atoms with Gasteiger partial charge in [-0.25, -0.2) is 14.8 Å². The first kappa shape index (κ1) is 19.4. The maximum absolute atomic E-state index is 7.48. The van der Waals surface area contributed by atoms with E-state index in [1.165, 1.54) is 12.8 Å². The fourth-order valence-corrected chi connectivity index (χ4v) is 5.04. The maximum Gasteiger partial charge on any atom is 0.191 e. The van der Waals surface area contributed by atoms with Gasteiger partial charge in [0.2, 0.25) is 0 Å². The van der Waals surface area contributed by atoms with E-state index in [0.717, 1.165) is 64.6 Å². The molecule has 0 radical (unpaired) electrons. The number of nitrogens with zero attached hydrogens (tertiary/aromatic N) is 5. The Morgan fingerprint density at radius 2 is 2.06 bits per heavy atom. The van der Waals surface area contributed by atoms with Crippen molar-refractivity contribution in [3.05, 3.63) is 59.0 Å². The van der Waals surface area contributed by atoms with Crippen molar-refractivity contribution in [2.45, 2.75) is 64.0 Å². The van der Waals surface area contributed by atoms with Crippen molar-refractivity contribution >= 4 is 27.6 Å². The van der Waals surface area contributed by atoms with Crippen LogP contribution in [0.3, 0.4) is 0 Å². The third kappa shape index (κ3) is 3.26. The summed E-state index contributed by atoms with van der Waals surface area (Å²) in [5.41, 5.74) is 4.42. The van der Waals surface area contributed by atoms with Gasteiger partial charge in [0.15, 0.2) is 11.6 Å². The molecule has 0 N–H and O–H groups in total. The molecule has 0 amide bonds. The van der Waals surface area contributed by atoms with Gasteiger partial charge in [-0.05, 0) is 44.7 Å². The van der Waals surface area contributed by atoms with E-state index < -0.39 is 0 Å². The third-order valence-electron chi connectivity index (χ3n) is 6.63. The fraction of sp³-hybridized carbons (Fsp3) is 0.440. The lowest BCUT2D eigenvalue weighted by molar-refractivity contribution is 0.00630. The number of imidazole rings is 1. The first-order valence-corrected chi connectivity index (χ1v) is 11.4. The Hall–Kier alpha value is -3.24. The van der Waals surface area contributed by atoms with Gasteiger partial charge in [-0.2, -0.15) is 0 Å². The molecule has 0 spiro atoms. The Kier molecular flexibility index (Phi) is 4.51. The molecule has 6 rings (SSSR count). The molecule has 7 heteroatoms. The number of fused-ring (bicyclic) bond motifs is 3. The van der Waals surface area contributed by atoms with Crippen molar-refractivity contribution in [3.8, 4) is 0 Å². The molecular weight excluding hydrogens is 402 g/mol. The summed E-state index contributed by atoms with van der Waals surface area (Å²) >= 11 is 0. The summed E-state index contributed by atoms with van der Waals surface area (Å²) in [6.07, 6.45) is 6.89. The van der Waals surface area contributed by atoms with Gasteiger partial charge in [0.05, 0.1) is 42.0 Å². The zero-order valence-corrected chi connectivity index (χ0v) is 18.3. The molecular formula is C25H25N5O2. The number of hydrogen-bond donors (Lipinski definition) is 0. The SMILES string of the molecule is [C-]#[N+]c1ccc2ncc3nc(Cc4nc(C)oc4C4CC4)n([C@@H]4CCO[C@H](C)C4)c3c2c1. The molecule has 0 bridgehead atoms. The van der Waals surface area contributed by atoms with Crippen LogP contribution in [0.2, 0.25) is 0 Å². The van der Waals surface area contributed by atoms with Crippen molar-refractivity contribution in [1.82, 2.24) is 19.5 Å². The van der Waals surface area contributed by atoms with Crippen LogP contribution in [-0.2, 0) is 11.2 Å². The lowest BCUT2D eigenvalue weighted by Crippen LogP contribution is -2.26. The second kappa shape index (κ2) is 7.42. The Morgan fingerprint density at radius 3 is 2.84 bits per heavy atom. The predicted octanol–water partition coefficient (Wildman–Crippen LogP) is 5.64. The number of aromatic nitrogens is 4. The summed E-state index contributed by atoms with van der Waals surface area (Å²) < 4.78 is 14.2. The van der Waals surface area contributed by atoms with E-state index >= 15 is 0 Å². The second-order valence-corrected chi connectivity index (χ2v) is 9.06. The molecule has 1 aliphatic heterocycles. The molecule has 7 nitrogen and oxygen atoms in total. The molecule has 1 aromatic carbocycles. The van der Waals surface area contributed by atoms with Crippen molar-refractivity contribution in [2.24, 2.45) is 0 Å². The molecule has 4 aromatic rings. The smallest absolute Gasteiger partial charge is 0.191 e. The van der Waals surface area contributed by atoms with E-state index in [0.29, 0.717) is 18.0 Å². The molecule has 4 heterocycles. The first-order valence-electron chi connectivity index (χ1n) is 11.4. The number of pyridine rings is 1. The summed E-state index contributed by atoms with van der Waals surface area (Å²) in [5.74, 6) is 3.23. The van der Waals surface area contributed by atoms with Crippen molar-refractivity contribution in [1.29, 1.82) is 0 Å². The van der Waals surface area contributed by atoms with Gasteiger partial charge in [-0.1, -0.05) is 6.07 Å². The minimum Gasteiger partial charge on any atom is -0.445 e. The van der Waals surface area contributed by atoms with Crippen molar-refractivity contribution in [3.63, 3.8) is 0 Å². The van der Waals surface area contributed by atoms with Crippen molar-refractivity contribution in [2.75, 3.05) is 6.61 Å². The average Bonchev–Trinajstić information content (AvgIpc) is 3.47. The van der Waals surface area contributed by atoms with E-state index in [-0.39, 0.29) is 12.1 Å². The van der Waals surface area contributed by atoms with Gasteiger partial charge in [0.25, 0.3) is 0 Å². The standard InChI is InChI=1S/C25H25N5O2/c1-14-10-18(8-9-31-14)30-23(12-21-25(16-4-5-16)32-15(2)28-21)29-22-13-27-20-7-6-17(26-3)11-19(20)24(22)30/h6-7,11,13-14,16,18H,4-5,8-10,12H2,1-2H3/t14-,18-/m1/s1. The van der Waals surface area contributed by atoms with E-state index in [4.69, 9.17) is 25.7 Å². The highest BCUT2D eigenvalue weighted by molar-refractivity contribution is 6.03. The molecule has 32 heavy (non-hydrogen) atoms.